The molecule has 1 amide bonds. The van der Waals surface area contributed by atoms with Crippen LogP contribution in [-0.4, -0.2) is 68.5 Å². The summed E-state index contributed by atoms with van der Waals surface area (Å²) in [5, 5.41) is 13.9. The van der Waals surface area contributed by atoms with Gasteiger partial charge in [0.15, 0.2) is 0 Å². The van der Waals surface area contributed by atoms with Crippen LogP contribution in [0.2, 0.25) is 0 Å². The second-order valence-electron chi connectivity index (χ2n) is 22.8. The Balaban J connectivity index is 4.19. The summed E-state index contributed by atoms with van der Waals surface area (Å²) in [6, 6.07) is -0.907. The van der Waals surface area contributed by atoms with Gasteiger partial charge in [0.05, 0.1) is 39.9 Å². The fraction of sp³-hybridized carbons (Fsp3) is 0.859. The highest BCUT2D eigenvalue weighted by atomic mass is 31.2. The molecular formula is C64H123N2O6P. The fourth-order valence-electron chi connectivity index (χ4n) is 9.32. The van der Waals surface area contributed by atoms with E-state index in [0.717, 1.165) is 44.9 Å². The van der Waals surface area contributed by atoms with Gasteiger partial charge in [-0.05, 0) is 64.2 Å². The largest absolute Gasteiger partial charge is 0.756 e. The average Bonchev–Trinajstić information content (AvgIpc) is 3.35. The van der Waals surface area contributed by atoms with Crippen LogP contribution >= 0.6 is 7.82 Å². The first-order valence-corrected chi connectivity index (χ1v) is 33.0. The number of phosphoric ester groups is 1. The lowest BCUT2D eigenvalue weighted by molar-refractivity contribution is -0.870. The third-order valence-corrected chi connectivity index (χ3v) is 15.2. The number of nitrogens with zero attached hydrogens (tertiary/aromatic N) is 1. The number of hydrogen-bond acceptors (Lipinski definition) is 6. The molecule has 2 N–H and O–H groups in total. The van der Waals surface area contributed by atoms with E-state index in [1.807, 2.05) is 27.2 Å². The maximum absolute atomic E-state index is 13.0. The molecule has 430 valence electrons. The van der Waals surface area contributed by atoms with Gasteiger partial charge in [0, 0.05) is 6.42 Å². The Bertz CT molecular complexity index is 1330. The number of unbranched alkanes of at least 4 members (excludes halogenated alkanes) is 39. The smallest absolute Gasteiger partial charge is 0.268 e. The Morgan fingerprint density at radius 3 is 1.19 bits per heavy atom. The fourth-order valence-corrected chi connectivity index (χ4v) is 10.0. The summed E-state index contributed by atoms with van der Waals surface area (Å²) in [7, 11) is 1.25. The number of quaternary nitrogens is 1. The van der Waals surface area contributed by atoms with Crippen LogP contribution < -0.4 is 10.2 Å². The van der Waals surface area contributed by atoms with Gasteiger partial charge in [-0.2, -0.15) is 0 Å². The molecule has 3 unspecified atom stereocenters. The molecule has 0 aromatic rings. The number of likely N-dealkylation sites (N-methyl/N-ethyl adjacent to an activating group) is 1. The number of aliphatic hydroxyl groups is 1. The third-order valence-electron chi connectivity index (χ3n) is 14.3. The summed E-state index contributed by atoms with van der Waals surface area (Å²) in [6.45, 7) is 4.66. The van der Waals surface area contributed by atoms with Crippen LogP contribution in [0.1, 0.15) is 303 Å². The van der Waals surface area contributed by atoms with Crippen molar-refractivity contribution in [3.05, 3.63) is 48.6 Å². The van der Waals surface area contributed by atoms with Gasteiger partial charge in [0.25, 0.3) is 7.82 Å². The Kier molecular flexibility index (Phi) is 54.1. The van der Waals surface area contributed by atoms with Gasteiger partial charge in [0.1, 0.15) is 13.2 Å². The minimum atomic E-state index is -4.61. The molecule has 0 aliphatic heterocycles. The van der Waals surface area contributed by atoms with E-state index in [0.29, 0.717) is 17.4 Å². The summed E-state index contributed by atoms with van der Waals surface area (Å²) in [5.74, 6) is -0.206. The van der Waals surface area contributed by atoms with Crippen molar-refractivity contribution in [2.75, 3.05) is 40.9 Å². The summed E-state index contributed by atoms with van der Waals surface area (Å²) in [6.07, 6.45) is 73.5. The first-order valence-electron chi connectivity index (χ1n) is 31.5. The number of carbonyl (C=O) groups is 1. The van der Waals surface area contributed by atoms with Crippen LogP contribution in [0.5, 0.6) is 0 Å². The minimum absolute atomic E-state index is 0.00704. The van der Waals surface area contributed by atoms with Crippen LogP contribution in [0.4, 0.5) is 0 Å². The number of phosphoric acid groups is 1. The molecule has 0 aliphatic rings. The summed E-state index contributed by atoms with van der Waals surface area (Å²) in [5.41, 5.74) is 0. The van der Waals surface area contributed by atoms with E-state index < -0.39 is 26.6 Å². The maximum atomic E-state index is 13.0. The SMILES string of the molecule is CCCCCCCCCCC/C=C\C/C=C\CCCCCCCCCCCCCC(=O)NC(COP(=O)([O-])OCC[N+](C)(C)C)C(O)/C=C/CC/C=C/CCCCCCCCCCCCCCCCCCCC. The molecule has 0 radical (unpaired) electrons. The van der Waals surface area contributed by atoms with Crippen molar-refractivity contribution in [1.29, 1.82) is 0 Å². The Morgan fingerprint density at radius 1 is 0.479 bits per heavy atom. The lowest BCUT2D eigenvalue weighted by atomic mass is 10.0. The van der Waals surface area contributed by atoms with Crippen LogP contribution in [0, 0.1) is 0 Å². The lowest BCUT2D eigenvalue weighted by Crippen LogP contribution is -2.45. The van der Waals surface area contributed by atoms with Crippen molar-refractivity contribution in [2.45, 2.75) is 315 Å². The standard InChI is InChI=1S/C64H123N2O6P/c1-6-8-10-12-14-16-18-20-22-24-26-28-30-32-33-34-36-38-40-42-44-46-48-50-52-54-56-58-64(68)65-62(61-72-73(69,70)71-60-59-66(3,4)5)63(67)57-55-53-51-49-47-45-43-41-39-37-35-31-29-27-25-23-21-19-17-15-13-11-9-7-2/h26,28,32-33,47,49,55,57,62-63,67H,6-25,27,29-31,34-46,48,50-54,56,58-61H2,1-5H3,(H-,65,68,69,70)/b28-26-,33-32-,49-47+,57-55+. The highest BCUT2D eigenvalue weighted by Crippen LogP contribution is 2.38. The molecule has 0 aliphatic carbocycles. The Labute approximate surface area is 454 Å². The molecule has 0 rings (SSSR count). The van der Waals surface area contributed by atoms with E-state index in [2.05, 4.69) is 55.6 Å². The van der Waals surface area contributed by atoms with Gasteiger partial charge in [-0.3, -0.25) is 9.36 Å². The molecule has 0 saturated heterocycles. The number of rotatable bonds is 58. The normalized spacial score (nSPS) is 14.1. The molecular weight excluding hydrogens is 924 g/mol. The number of allylic oxidation sites excluding steroid dienone is 7. The lowest BCUT2D eigenvalue weighted by Gasteiger charge is -2.29. The second-order valence-corrected chi connectivity index (χ2v) is 24.2. The molecule has 0 bridgehead atoms. The molecule has 0 fully saturated rings. The highest BCUT2D eigenvalue weighted by Gasteiger charge is 2.23. The van der Waals surface area contributed by atoms with Crippen molar-refractivity contribution in [2.24, 2.45) is 0 Å². The second kappa shape index (κ2) is 55.2. The number of hydrogen-bond donors (Lipinski definition) is 2. The predicted molar refractivity (Wildman–Crippen MR) is 316 cm³/mol. The summed E-state index contributed by atoms with van der Waals surface area (Å²) < 4.78 is 23.4. The van der Waals surface area contributed by atoms with Crippen LogP contribution in [0.25, 0.3) is 0 Å². The Morgan fingerprint density at radius 2 is 0.808 bits per heavy atom. The Hall–Kier alpha value is -1.54. The molecule has 73 heavy (non-hydrogen) atoms. The van der Waals surface area contributed by atoms with Gasteiger partial charge in [-0.25, -0.2) is 0 Å². The average molecular weight is 1050 g/mol. The van der Waals surface area contributed by atoms with Crippen LogP contribution in [0.3, 0.4) is 0 Å². The van der Waals surface area contributed by atoms with Crippen molar-refractivity contribution < 1.29 is 32.9 Å². The molecule has 0 aromatic carbocycles. The molecule has 0 aromatic heterocycles. The number of amides is 1. The number of nitrogens with one attached hydrogen (secondary N) is 1. The zero-order valence-corrected chi connectivity index (χ0v) is 50.0. The zero-order valence-electron chi connectivity index (χ0n) is 49.1. The van der Waals surface area contributed by atoms with E-state index in [9.17, 15) is 19.4 Å². The molecule has 0 spiro atoms. The number of aliphatic hydroxyl groups excluding tert-OH is 1. The quantitative estimate of drug-likeness (QED) is 0.0272. The van der Waals surface area contributed by atoms with Gasteiger partial charge < -0.3 is 28.8 Å². The predicted octanol–water partition coefficient (Wildman–Crippen LogP) is 18.9. The summed E-state index contributed by atoms with van der Waals surface area (Å²) >= 11 is 0. The van der Waals surface area contributed by atoms with Crippen LogP contribution in [0.15, 0.2) is 48.6 Å². The van der Waals surface area contributed by atoms with E-state index >= 15 is 0 Å². The molecule has 3 atom stereocenters. The highest BCUT2D eigenvalue weighted by molar-refractivity contribution is 7.45. The molecule has 8 nitrogen and oxygen atoms in total. The number of carbonyl (C=O) groups excluding carboxylic acids is 1. The van der Waals surface area contributed by atoms with Crippen molar-refractivity contribution in [3.63, 3.8) is 0 Å². The van der Waals surface area contributed by atoms with Gasteiger partial charge >= 0.3 is 0 Å². The zero-order chi connectivity index (χ0) is 53.5. The first-order chi connectivity index (χ1) is 35.5. The third kappa shape index (κ3) is 58.0. The van der Waals surface area contributed by atoms with Gasteiger partial charge in [-0.15, -0.1) is 0 Å². The van der Waals surface area contributed by atoms with Gasteiger partial charge in [-0.1, -0.05) is 281 Å². The van der Waals surface area contributed by atoms with Gasteiger partial charge in [0.2, 0.25) is 5.91 Å². The van der Waals surface area contributed by atoms with E-state index in [1.165, 1.54) is 238 Å². The van der Waals surface area contributed by atoms with Crippen LogP contribution in [-0.2, 0) is 18.4 Å². The monoisotopic (exact) mass is 1050 g/mol. The van der Waals surface area contributed by atoms with Crippen molar-refractivity contribution >= 4 is 13.7 Å². The topological polar surface area (TPSA) is 108 Å². The van der Waals surface area contributed by atoms with Crippen molar-refractivity contribution in [1.82, 2.24) is 5.32 Å². The van der Waals surface area contributed by atoms with E-state index in [4.69, 9.17) is 9.05 Å². The first kappa shape index (κ1) is 71.5. The molecule has 0 heterocycles. The molecule has 9 heteroatoms. The van der Waals surface area contributed by atoms with Crippen molar-refractivity contribution in [3.8, 4) is 0 Å². The summed E-state index contributed by atoms with van der Waals surface area (Å²) in [4.78, 5) is 25.6. The van der Waals surface area contributed by atoms with E-state index in [1.54, 1.807) is 6.08 Å². The van der Waals surface area contributed by atoms with E-state index in [-0.39, 0.29) is 12.5 Å². The maximum Gasteiger partial charge on any atom is 0.268 e. The molecule has 0 saturated carbocycles. The minimum Gasteiger partial charge on any atom is -0.756 e.